The number of carboxylic acids is 1. The minimum Gasteiger partial charge on any atom is -0.480 e. The second-order valence-electron chi connectivity index (χ2n) is 6.57. The Kier molecular flexibility index (Phi) is 13.3. The Morgan fingerprint density at radius 2 is 2.00 bits per heavy atom. The quantitative estimate of drug-likeness (QED) is 0.252. The van der Waals surface area contributed by atoms with E-state index in [0.717, 1.165) is 6.42 Å². The van der Waals surface area contributed by atoms with Crippen LogP contribution in [0.1, 0.15) is 38.3 Å². The molecule has 10 heteroatoms. The zero-order valence-electron chi connectivity index (χ0n) is 16.9. The normalized spacial score (nSPS) is 11.9. The molecule has 0 saturated carbocycles. The van der Waals surface area contributed by atoms with Gasteiger partial charge in [0.25, 0.3) is 0 Å². The van der Waals surface area contributed by atoms with E-state index in [9.17, 15) is 19.5 Å². The number of aromatic nitrogens is 2. The number of aromatic amines is 1. The number of unbranched alkanes of at least 4 members (excludes halogenated alkanes) is 1. The lowest BCUT2D eigenvalue weighted by atomic mass is 10.1. The van der Waals surface area contributed by atoms with Gasteiger partial charge in [-0.1, -0.05) is 6.92 Å². The van der Waals surface area contributed by atoms with Crippen LogP contribution in [-0.4, -0.2) is 78.3 Å². The zero-order valence-corrected chi connectivity index (χ0v) is 16.9. The molecule has 0 aliphatic heterocycles. The number of hydrogen-bond acceptors (Lipinski definition) is 7. The van der Waals surface area contributed by atoms with Gasteiger partial charge in [-0.15, -0.1) is 0 Å². The van der Waals surface area contributed by atoms with Gasteiger partial charge in [-0.25, -0.2) is 4.98 Å². The molecule has 1 rings (SSSR count). The van der Waals surface area contributed by atoms with Crippen LogP contribution >= 0.6 is 0 Å². The van der Waals surface area contributed by atoms with Crippen LogP contribution in [0.5, 0.6) is 0 Å². The molecule has 10 nitrogen and oxygen atoms in total. The van der Waals surface area contributed by atoms with E-state index >= 15 is 0 Å². The van der Waals surface area contributed by atoms with Gasteiger partial charge in [-0.2, -0.15) is 0 Å². The van der Waals surface area contributed by atoms with Gasteiger partial charge in [-0.3, -0.25) is 19.7 Å². The highest BCUT2D eigenvalue weighted by Crippen LogP contribution is 2.02. The van der Waals surface area contributed by atoms with Gasteiger partial charge in [0, 0.05) is 31.5 Å². The highest BCUT2D eigenvalue weighted by molar-refractivity contribution is 5.83. The number of carbonyl (C=O) groups is 3. The molecule has 1 atom stereocenters. The van der Waals surface area contributed by atoms with Crippen LogP contribution in [0, 0.1) is 0 Å². The van der Waals surface area contributed by atoms with Gasteiger partial charge in [0.2, 0.25) is 5.91 Å². The topological polar surface area (TPSA) is 143 Å². The first-order chi connectivity index (χ1) is 14.0. The predicted octanol–water partition coefficient (Wildman–Crippen LogP) is 0.294. The number of Topliss-reactive ketones (excluding diaryl/α,β-unsaturated/α-hetero) is 1. The number of amides is 1. The van der Waals surface area contributed by atoms with Crippen molar-refractivity contribution in [3.63, 3.8) is 0 Å². The summed E-state index contributed by atoms with van der Waals surface area (Å²) in [5.41, 5.74) is 0.692. The number of nitrogens with one attached hydrogen (secondary N) is 3. The third kappa shape index (κ3) is 12.7. The molecule has 4 N–H and O–H groups in total. The molecule has 0 unspecified atom stereocenters. The second kappa shape index (κ2) is 15.6. The van der Waals surface area contributed by atoms with Crippen molar-refractivity contribution in [2.24, 2.45) is 0 Å². The van der Waals surface area contributed by atoms with Crippen molar-refractivity contribution in [3.05, 3.63) is 18.2 Å². The van der Waals surface area contributed by atoms with Gasteiger partial charge in [0.1, 0.15) is 12.6 Å². The number of imidazole rings is 1. The van der Waals surface area contributed by atoms with E-state index in [-0.39, 0.29) is 31.3 Å². The van der Waals surface area contributed by atoms with Crippen molar-refractivity contribution in [2.45, 2.75) is 45.1 Å². The SMILES string of the molecule is CCCOCCOCC(=O)NCCCC[C@H](NCC(=O)Cc1cnc[nH]1)C(=O)O. The number of H-pyrrole nitrogens is 1. The molecule has 0 aromatic carbocycles. The molecule has 1 aromatic heterocycles. The number of ether oxygens (including phenoxy) is 2. The molecule has 1 aromatic rings. The number of carbonyl (C=O) groups excluding carboxylic acids is 2. The Labute approximate surface area is 170 Å². The standard InChI is InChI=1S/C19H32N4O6/c1-2-7-28-8-9-29-13-18(25)21-6-4-3-5-17(19(26)27)22-12-16(24)10-15-11-20-14-23-15/h11,14,17,22H,2-10,12-13H2,1H3,(H,20,23)(H,21,25)(H,26,27)/t17-/m0/s1. The van der Waals surface area contributed by atoms with E-state index in [1.165, 1.54) is 6.33 Å². The molecule has 0 aliphatic rings. The third-order valence-corrected chi connectivity index (χ3v) is 3.98. The number of rotatable bonds is 18. The summed E-state index contributed by atoms with van der Waals surface area (Å²) in [5, 5.41) is 14.8. The Balaban J connectivity index is 2.08. The van der Waals surface area contributed by atoms with Crippen LogP contribution < -0.4 is 10.6 Å². The first-order valence-corrected chi connectivity index (χ1v) is 9.90. The smallest absolute Gasteiger partial charge is 0.320 e. The highest BCUT2D eigenvalue weighted by Gasteiger charge is 2.17. The van der Waals surface area contributed by atoms with E-state index in [4.69, 9.17) is 9.47 Å². The van der Waals surface area contributed by atoms with Crippen LogP contribution in [0.3, 0.4) is 0 Å². The van der Waals surface area contributed by atoms with Crippen LogP contribution in [0.15, 0.2) is 12.5 Å². The maximum Gasteiger partial charge on any atom is 0.320 e. The van der Waals surface area contributed by atoms with Gasteiger partial charge in [-0.05, 0) is 25.7 Å². The summed E-state index contributed by atoms with van der Waals surface area (Å²) in [5.74, 6) is -1.33. The lowest BCUT2D eigenvalue weighted by Crippen LogP contribution is -2.40. The number of aliphatic carboxylic acids is 1. The molecule has 0 aliphatic carbocycles. The maximum absolute atomic E-state index is 11.9. The van der Waals surface area contributed by atoms with E-state index in [2.05, 4.69) is 20.6 Å². The fraction of sp³-hybridized carbons (Fsp3) is 0.684. The van der Waals surface area contributed by atoms with E-state index < -0.39 is 12.0 Å². The number of carboxylic acid groups (broad SMARTS) is 1. The summed E-state index contributed by atoms with van der Waals surface area (Å²) >= 11 is 0. The predicted molar refractivity (Wildman–Crippen MR) is 106 cm³/mol. The molecule has 0 spiro atoms. The van der Waals surface area contributed by atoms with E-state index in [1.54, 1.807) is 6.20 Å². The number of hydrogen-bond donors (Lipinski definition) is 4. The molecule has 0 fully saturated rings. The van der Waals surface area contributed by atoms with Crippen molar-refractivity contribution >= 4 is 17.7 Å². The molecule has 0 saturated heterocycles. The van der Waals surface area contributed by atoms with Crippen LogP contribution in [-0.2, 0) is 30.3 Å². The fourth-order valence-corrected chi connectivity index (χ4v) is 2.49. The van der Waals surface area contributed by atoms with Gasteiger partial charge >= 0.3 is 5.97 Å². The number of nitrogens with zero attached hydrogens (tertiary/aromatic N) is 1. The Bertz CT molecular complexity index is 594. The number of ketones is 1. The van der Waals surface area contributed by atoms with Crippen LogP contribution in [0.4, 0.5) is 0 Å². The second-order valence-corrected chi connectivity index (χ2v) is 6.57. The van der Waals surface area contributed by atoms with Crippen molar-refractivity contribution < 1.29 is 29.0 Å². The Morgan fingerprint density at radius 1 is 1.21 bits per heavy atom. The fourth-order valence-electron chi connectivity index (χ4n) is 2.49. The first kappa shape index (κ1) is 24.7. The van der Waals surface area contributed by atoms with Crippen LogP contribution in [0.25, 0.3) is 0 Å². The zero-order chi connectivity index (χ0) is 21.3. The van der Waals surface area contributed by atoms with Gasteiger partial charge < -0.3 is 24.9 Å². The first-order valence-electron chi connectivity index (χ1n) is 9.90. The Morgan fingerprint density at radius 3 is 2.69 bits per heavy atom. The summed E-state index contributed by atoms with van der Waals surface area (Å²) in [6, 6.07) is -0.803. The molecular formula is C19H32N4O6. The van der Waals surface area contributed by atoms with Gasteiger partial charge in [0.15, 0.2) is 5.78 Å². The lowest BCUT2D eigenvalue weighted by Gasteiger charge is -2.14. The van der Waals surface area contributed by atoms with Crippen molar-refractivity contribution in [1.82, 2.24) is 20.6 Å². The van der Waals surface area contributed by atoms with Gasteiger partial charge in [0.05, 0.1) is 26.1 Å². The summed E-state index contributed by atoms with van der Waals surface area (Å²) in [6.07, 6.45) is 5.78. The van der Waals surface area contributed by atoms with Crippen molar-refractivity contribution in [1.29, 1.82) is 0 Å². The van der Waals surface area contributed by atoms with Crippen molar-refractivity contribution in [3.8, 4) is 0 Å². The summed E-state index contributed by atoms with van der Waals surface area (Å²) in [7, 11) is 0. The highest BCUT2D eigenvalue weighted by atomic mass is 16.5. The molecular weight excluding hydrogens is 380 g/mol. The molecule has 1 amide bonds. The minimum absolute atomic E-state index is 0.0206. The minimum atomic E-state index is -0.998. The summed E-state index contributed by atoms with van der Waals surface area (Å²) in [4.78, 5) is 41.5. The molecule has 29 heavy (non-hydrogen) atoms. The molecule has 0 radical (unpaired) electrons. The average Bonchev–Trinajstić information content (AvgIpc) is 3.19. The van der Waals surface area contributed by atoms with E-state index in [1.807, 2.05) is 6.92 Å². The summed E-state index contributed by atoms with van der Waals surface area (Å²) in [6.45, 7) is 3.94. The Hall–Kier alpha value is -2.30. The van der Waals surface area contributed by atoms with Crippen molar-refractivity contribution in [2.75, 3.05) is 39.5 Å². The molecule has 164 valence electrons. The average molecular weight is 412 g/mol. The summed E-state index contributed by atoms with van der Waals surface area (Å²) < 4.78 is 10.4. The van der Waals surface area contributed by atoms with Crippen LogP contribution in [0.2, 0.25) is 0 Å². The largest absolute Gasteiger partial charge is 0.480 e. The monoisotopic (exact) mass is 412 g/mol. The molecule has 1 heterocycles. The molecule has 0 bridgehead atoms. The van der Waals surface area contributed by atoms with E-state index in [0.29, 0.717) is 51.3 Å². The maximum atomic E-state index is 11.9. The third-order valence-electron chi connectivity index (χ3n) is 3.98. The lowest BCUT2D eigenvalue weighted by molar-refractivity contribution is -0.139.